The molecule has 0 aliphatic carbocycles. The van der Waals surface area contributed by atoms with Crippen LogP contribution in [0.15, 0.2) is 24.3 Å². The van der Waals surface area contributed by atoms with Gasteiger partial charge in [-0.3, -0.25) is 25.5 Å². The Kier molecular flexibility index (Phi) is 3.99. The molecule has 106 valence electrons. The van der Waals surface area contributed by atoms with Crippen molar-refractivity contribution >= 4 is 23.4 Å². The van der Waals surface area contributed by atoms with Crippen molar-refractivity contribution in [1.82, 2.24) is 10.2 Å². The third-order valence-electron chi connectivity index (χ3n) is 3.20. The predicted octanol–water partition coefficient (Wildman–Crippen LogP) is -0.151. The van der Waals surface area contributed by atoms with E-state index in [2.05, 4.69) is 10.7 Å². The average Bonchev–Trinajstić information content (AvgIpc) is 2.46. The molecule has 1 atom stereocenters. The van der Waals surface area contributed by atoms with Gasteiger partial charge in [0.05, 0.1) is 0 Å². The minimum Gasteiger partial charge on any atom is -0.324 e. The first-order valence-electron chi connectivity index (χ1n) is 6.28. The zero-order valence-electron chi connectivity index (χ0n) is 11.1. The summed E-state index contributed by atoms with van der Waals surface area (Å²) >= 11 is 0. The van der Waals surface area contributed by atoms with Crippen LogP contribution in [0.3, 0.4) is 0 Å². The number of hydrogen-bond acceptors (Lipinski definition) is 5. The van der Waals surface area contributed by atoms with E-state index in [0.717, 1.165) is 0 Å². The molecule has 4 N–H and O–H groups in total. The molecule has 0 saturated carbocycles. The Morgan fingerprint density at radius 2 is 2.05 bits per heavy atom. The van der Waals surface area contributed by atoms with Gasteiger partial charge in [-0.1, -0.05) is 6.92 Å². The van der Waals surface area contributed by atoms with E-state index in [0.29, 0.717) is 17.7 Å². The number of hydrogen-bond donors (Lipinski definition) is 3. The zero-order valence-corrected chi connectivity index (χ0v) is 11.1. The fourth-order valence-corrected chi connectivity index (χ4v) is 2.16. The number of nitrogens with two attached hydrogens (primary N) is 1. The fraction of sp³-hybridized carbons (Fsp3) is 0.308. The largest absolute Gasteiger partial charge is 0.324 e. The Morgan fingerprint density at radius 1 is 1.40 bits per heavy atom. The third kappa shape index (κ3) is 2.62. The number of nitrogens with one attached hydrogen (secondary N) is 2. The van der Waals surface area contributed by atoms with Gasteiger partial charge in [0.15, 0.2) is 0 Å². The van der Waals surface area contributed by atoms with E-state index in [1.807, 2.05) is 0 Å². The SMILES string of the molecule is CCC1C(=O)NC(=O)CN1C(=O)c1ccc(NN)cc1. The monoisotopic (exact) mass is 276 g/mol. The number of amides is 3. The van der Waals surface area contributed by atoms with Gasteiger partial charge in [-0.25, -0.2) is 0 Å². The van der Waals surface area contributed by atoms with Crippen LogP contribution >= 0.6 is 0 Å². The summed E-state index contributed by atoms with van der Waals surface area (Å²) in [6.07, 6.45) is 0.452. The van der Waals surface area contributed by atoms with E-state index in [9.17, 15) is 14.4 Å². The molecule has 0 aromatic heterocycles. The van der Waals surface area contributed by atoms with Crippen molar-refractivity contribution in [3.05, 3.63) is 29.8 Å². The second kappa shape index (κ2) is 5.70. The first kappa shape index (κ1) is 14.0. The summed E-state index contributed by atoms with van der Waals surface area (Å²) < 4.78 is 0. The molecule has 1 heterocycles. The van der Waals surface area contributed by atoms with E-state index in [4.69, 9.17) is 5.84 Å². The minimum absolute atomic E-state index is 0.111. The number of benzene rings is 1. The molecule has 7 heteroatoms. The second-order valence-electron chi connectivity index (χ2n) is 4.49. The molecule has 1 aliphatic rings. The number of rotatable bonds is 3. The molecule has 1 aromatic carbocycles. The Morgan fingerprint density at radius 3 is 2.60 bits per heavy atom. The Bertz CT molecular complexity index is 541. The number of imide groups is 1. The zero-order chi connectivity index (χ0) is 14.7. The lowest BCUT2D eigenvalue weighted by Gasteiger charge is -2.33. The maximum atomic E-state index is 12.4. The van der Waals surface area contributed by atoms with E-state index in [-0.39, 0.29) is 12.5 Å². The Balaban J connectivity index is 2.24. The summed E-state index contributed by atoms with van der Waals surface area (Å²) in [5.41, 5.74) is 3.54. The van der Waals surface area contributed by atoms with Gasteiger partial charge in [0.1, 0.15) is 12.6 Å². The van der Waals surface area contributed by atoms with Crippen molar-refractivity contribution in [1.29, 1.82) is 0 Å². The molecule has 0 radical (unpaired) electrons. The molecule has 0 bridgehead atoms. The molecule has 1 aliphatic heterocycles. The first-order chi connectivity index (χ1) is 9.56. The van der Waals surface area contributed by atoms with Gasteiger partial charge in [-0.05, 0) is 30.7 Å². The Hall–Kier alpha value is -2.41. The van der Waals surface area contributed by atoms with Crippen molar-refractivity contribution in [3.8, 4) is 0 Å². The van der Waals surface area contributed by atoms with Crippen molar-refractivity contribution in [2.75, 3.05) is 12.0 Å². The average molecular weight is 276 g/mol. The minimum atomic E-state index is -0.618. The van der Waals surface area contributed by atoms with Gasteiger partial charge < -0.3 is 10.3 Å². The quantitative estimate of drug-likeness (QED) is 0.404. The molecular formula is C13H16N4O3. The number of nitrogens with zero attached hydrogens (tertiary/aromatic N) is 1. The molecule has 2 rings (SSSR count). The van der Waals surface area contributed by atoms with Crippen molar-refractivity contribution in [2.24, 2.45) is 5.84 Å². The maximum absolute atomic E-state index is 12.4. The van der Waals surface area contributed by atoms with Gasteiger partial charge >= 0.3 is 0 Å². The molecule has 1 fully saturated rings. The molecule has 1 saturated heterocycles. The molecule has 7 nitrogen and oxygen atoms in total. The van der Waals surface area contributed by atoms with Crippen LogP contribution in [-0.4, -0.2) is 35.2 Å². The highest BCUT2D eigenvalue weighted by Crippen LogP contribution is 2.16. The maximum Gasteiger partial charge on any atom is 0.255 e. The summed E-state index contributed by atoms with van der Waals surface area (Å²) in [6.45, 7) is 1.68. The van der Waals surface area contributed by atoms with Crippen molar-refractivity contribution in [3.63, 3.8) is 0 Å². The first-order valence-corrected chi connectivity index (χ1v) is 6.28. The van der Waals surface area contributed by atoms with Crippen LogP contribution in [-0.2, 0) is 9.59 Å². The van der Waals surface area contributed by atoms with Crippen molar-refractivity contribution < 1.29 is 14.4 Å². The standard InChI is InChI=1S/C13H16N4O3/c1-2-10-12(19)15-11(18)7-17(10)13(20)8-3-5-9(16-14)6-4-8/h3-6,10,16H,2,7,14H2,1H3,(H,15,18,19). The lowest BCUT2D eigenvalue weighted by atomic mass is 10.1. The highest BCUT2D eigenvalue weighted by Gasteiger charge is 2.35. The summed E-state index contributed by atoms with van der Waals surface area (Å²) in [6, 6.07) is 5.88. The normalized spacial score (nSPS) is 18.7. The van der Waals surface area contributed by atoms with Crippen LogP contribution in [0.2, 0.25) is 0 Å². The van der Waals surface area contributed by atoms with E-state index in [1.54, 1.807) is 31.2 Å². The molecule has 1 unspecified atom stereocenters. The molecular weight excluding hydrogens is 260 g/mol. The van der Waals surface area contributed by atoms with E-state index >= 15 is 0 Å². The van der Waals surface area contributed by atoms with Gasteiger partial charge in [-0.15, -0.1) is 0 Å². The number of nitrogen functional groups attached to an aromatic ring is 1. The third-order valence-corrected chi connectivity index (χ3v) is 3.20. The Labute approximate surface area is 116 Å². The van der Waals surface area contributed by atoms with E-state index in [1.165, 1.54) is 4.90 Å². The molecule has 0 spiro atoms. The van der Waals surface area contributed by atoms with Gasteiger partial charge in [0.2, 0.25) is 11.8 Å². The highest BCUT2D eigenvalue weighted by molar-refractivity contribution is 6.07. The smallest absolute Gasteiger partial charge is 0.255 e. The number of hydrazine groups is 1. The molecule has 20 heavy (non-hydrogen) atoms. The second-order valence-corrected chi connectivity index (χ2v) is 4.49. The number of piperazine rings is 1. The van der Waals surface area contributed by atoms with Crippen LogP contribution in [0.25, 0.3) is 0 Å². The van der Waals surface area contributed by atoms with Crippen LogP contribution in [0.4, 0.5) is 5.69 Å². The fourth-order valence-electron chi connectivity index (χ4n) is 2.16. The molecule has 3 amide bonds. The summed E-state index contributed by atoms with van der Waals surface area (Å²) in [5.74, 6) is 4.01. The summed E-state index contributed by atoms with van der Waals surface area (Å²) in [7, 11) is 0. The summed E-state index contributed by atoms with van der Waals surface area (Å²) in [5, 5.41) is 2.24. The number of carbonyl (C=O) groups excluding carboxylic acids is 3. The van der Waals surface area contributed by atoms with Crippen LogP contribution < -0.4 is 16.6 Å². The van der Waals surface area contributed by atoms with Crippen LogP contribution in [0, 0.1) is 0 Å². The van der Waals surface area contributed by atoms with Crippen LogP contribution in [0.1, 0.15) is 23.7 Å². The van der Waals surface area contributed by atoms with Gasteiger partial charge in [0, 0.05) is 11.3 Å². The lowest BCUT2D eigenvalue weighted by molar-refractivity contribution is -0.138. The highest BCUT2D eigenvalue weighted by atomic mass is 16.2. The van der Waals surface area contributed by atoms with Gasteiger partial charge in [0.25, 0.3) is 5.91 Å². The predicted molar refractivity (Wildman–Crippen MR) is 72.5 cm³/mol. The summed E-state index contributed by atoms with van der Waals surface area (Å²) in [4.78, 5) is 36.9. The van der Waals surface area contributed by atoms with Crippen molar-refractivity contribution in [2.45, 2.75) is 19.4 Å². The van der Waals surface area contributed by atoms with E-state index < -0.39 is 17.9 Å². The van der Waals surface area contributed by atoms with Crippen LogP contribution in [0.5, 0.6) is 0 Å². The van der Waals surface area contributed by atoms with Gasteiger partial charge in [-0.2, -0.15) is 0 Å². The number of carbonyl (C=O) groups is 3. The molecule has 1 aromatic rings. The lowest BCUT2D eigenvalue weighted by Crippen LogP contribution is -2.59. The topological polar surface area (TPSA) is 105 Å². The number of anilines is 1.